The van der Waals surface area contributed by atoms with Gasteiger partial charge in [0.05, 0.1) is 5.52 Å². The van der Waals surface area contributed by atoms with Crippen LogP contribution >= 0.6 is 0 Å². The van der Waals surface area contributed by atoms with Crippen molar-refractivity contribution in [2.45, 2.75) is 19.3 Å². The Bertz CT molecular complexity index is 652. The predicted molar refractivity (Wildman–Crippen MR) is 80.8 cm³/mol. The van der Waals surface area contributed by atoms with Gasteiger partial charge in [-0.2, -0.15) is 5.10 Å². The van der Waals surface area contributed by atoms with E-state index in [4.69, 9.17) is 5.73 Å². The largest absolute Gasteiger partial charge is 0.399 e. The van der Waals surface area contributed by atoms with E-state index in [1.165, 1.54) is 0 Å². The molecule has 6 heteroatoms. The topological polar surface area (TPSA) is 104 Å². The van der Waals surface area contributed by atoms with E-state index in [1.807, 2.05) is 6.07 Å². The minimum Gasteiger partial charge on any atom is -0.399 e. The Morgan fingerprint density at radius 1 is 1.43 bits per heavy atom. The van der Waals surface area contributed by atoms with Crippen molar-refractivity contribution in [2.75, 3.05) is 18.9 Å². The number of fused-ring (bicyclic) bond motifs is 1. The Labute approximate surface area is 122 Å². The first-order chi connectivity index (χ1) is 10.2. The second-order valence-electron chi connectivity index (χ2n) is 5.72. The molecule has 6 nitrogen and oxygen atoms in total. The number of anilines is 1. The van der Waals surface area contributed by atoms with Gasteiger partial charge in [0.1, 0.15) is 0 Å². The normalized spacial score (nSPS) is 21.8. The number of rotatable bonds is 4. The van der Waals surface area contributed by atoms with Crippen molar-refractivity contribution in [1.29, 1.82) is 0 Å². The van der Waals surface area contributed by atoms with E-state index < -0.39 is 0 Å². The quantitative estimate of drug-likeness (QED) is 0.636. The maximum absolute atomic E-state index is 12.3. The van der Waals surface area contributed by atoms with Crippen LogP contribution in [0.3, 0.4) is 0 Å². The minimum atomic E-state index is -0.199. The second-order valence-corrected chi connectivity index (χ2v) is 5.72. The van der Waals surface area contributed by atoms with Crippen molar-refractivity contribution in [3.63, 3.8) is 0 Å². The van der Waals surface area contributed by atoms with E-state index in [-0.39, 0.29) is 12.5 Å². The average molecular weight is 288 g/mol. The van der Waals surface area contributed by atoms with Crippen LogP contribution in [0.15, 0.2) is 18.2 Å². The molecule has 0 bridgehead atoms. The number of H-pyrrole nitrogens is 1. The number of aromatic amines is 1. The van der Waals surface area contributed by atoms with Gasteiger partial charge < -0.3 is 16.2 Å². The highest BCUT2D eigenvalue weighted by molar-refractivity contribution is 6.05. The molecule has 2 unspecified atom stereocenters. The van der Waals surface area contributed by atoms with Gasteiger partial charge in [-0.05, 0) is 42.9 Å². The van der Waals surface area contributed by atoms with Crippen LogP contribution in [0.2, 0.25) is 0 Å². The summed E-state index contributed by atoms with van der Waals surface area (Å²) in [5.74, 6) is 0.460. The Kier molecular flexibility index (Phi) is 3.79. The van der Waals surface area contributed by atoms with Crippen LogP contribution in [-0.4, -0.2) is 34.4 Å². The van der Waals surface area contributed by atoms with Crippen LogP contribution < -0.4 is 11.1 Å². The molecule has 112 valence electrons. The zero-order valence-corrected chi connectivity index (χ0v) is 11.8. The molecular formula is C15H20N4O2. The van der Waals surface area contributed by atoms with Crippen molar-refractivity contribution in [2.24, 2.45) is 11.8 Å². The number of amides is 1. The highest BCUT2D eigenvalue weighted by Crippen LogP contribution is 2.30. The van der Waals surface area contributed by atoms with Crippen LogP contribution in [0.1, 0.15) is 29.8 Å². The first kappa shape index (κ1) is 13.9. The van der Waals surface area contributed by atoms with Crippen molar-refractivity contribution >= 4 is 22.5 Å². The molecule has 1 saturated carbocycles. The fraction of sp³-hybridized carbons (Fsp3) is 0.467. The molecule has 1 aliphatic carbocycles. The van der Waals surface area contributed by atoms with Gasteiger partial charge in [-0.15, -0.1) is 0 Å². The van der Waals surface area contributed by atoms with Crippen LogP contribution in [0.4, 0.5) is 5.69 Å². The first-order valence-electron chi connectivity index (χ1n) is 7.31. The third-order valence-electron chi connectivity index (χ3n) is 4.38. The van der Waals surface area contributed by atoms with E-state index >= 15 is 0 Å². The fourth-order valence-corrected chi connectivity index (χ4v) is 3.13. The number of aliphatic hydroxyl groups is 1. The Morgan fingerprint density at radius 3 is 3.05 bits per heavy atom. The van der Waals surface area contributed by atoms with Gasteiger partial charge in [-0.25, -0.2) is 0 Å². The molecule has 1 aliphatic rings. The molecule has 5 N–H and O–H groups in total. The number of hydrogen-bond donors (Lipinski definition) is 4. The van der Waals surface area contributed by atoms with Gasteiger partial charge in [0, 0.05) is 24.2 Å². The molecule has 1 aromatic heterocycles. The Morgan fingerprint density at radius 2 is 2.24 bits per heavy atom. The van der Waals surface area contributed by atoms with Crippen molar-refractivity contribution in [3.8, 4) is 0 Å². The van der Waals surface area contributed by atoms with Gasteiger partial charge in [-0.1, -0.05) is 6.42 Å². The Balaban J connectivity index is 1.71. The molecule has 0 aliphatic heterocycles. The predicted octanol–water partition coefficient (Wildman–Crippen LogP) is 1.28. The summed E-state index contributed by atoms with van der Waals surface area (Å²) >= 11 is 0. The summed E-state index contributed by atoms with van der Waals surface area (Å²) < 4.78 is 0. The second kappa shape index (κ2) is 5.73. The lowest BCUT2D eigenvalue weighted by Gasteiger charge is -2.17. The van der Waals surface area contributed by atoms with Crippen molar-refractivity contribution in [1.82, 2.24) is 15.5 Å². The summed E-state index contributed by atoms with van der Waals surface area (Å²) in [6.07, 6.45) is 3.21. The van der Waals surface area contributed by atoms with Gasteiger partial charge in [-0.3, -0.25) is 9.89 Å². The summed E-state index contributed by atoms with van der Waals surface area (Å²) in [5, 5.41) is 19.9. The third kappa shape index (κ3) is 2.71. The standard InChI is InChI=1S/C15H20N4O2/c16-11-4-5-13-12(6-11)14(19-18-13)15(21)17-7-9-2-1-3-10(9)8-20/h4-6,9-10,20H,1-3,7-8,16H2,(H,17,21)(H,18,19). The summed E-state index contributed by atoms with van der Waals surface area (Å²) in [7, 11) is 0. The van der Waals surface area contributed by atoms with Crippen molar-refractivity contribution < 1.29 is 9.90 Å². The highest BCUT2D eigenvalue weighted by atomic mass is 16.3. The van der Waals surface area contributed by atoms with Gasteiger partial charge >= 0.3 is 0 Å². The fourth-order valence-electron chi connectivity index (χ4n) is 3.13. The number of nitrogens with two attached hydrogens (primary N) is 1. The lowest BCUT2D eigenvalue weighted by molar-refractivity contribution is 0.0934. The maximum Gasteiger partial charge on any atom is 0.272 e. The number of carbonyl (C=O) groups excluding carboxylic acids is 1. The van der Waals surface area contributed by atoms with Crippen LogP contribution in [0.5, 0.6) is 0 Å². The van der Waals surface area contributed by atoms with Crippen molar-refractivity contribution in [3.05, 3.63) is 23.9 Å². The van der Waals surface area contributed by atoms with Crippen LogP contribution in [0.25, 0.3) is 10.9 Å². The number of nitrogen functional groups attached to an aromatic ring is 1. The van der Waals surface area contributed by atoms with E-state index in [0.717, 1.165) is 30.2 Å². The van der Waals surface area contributed by atoms with E-state index in [1.54, 1.807) is 12.1 Å². The molecule has 2 atom stereocenters. The number of benzene rings is 1. The molecule has 3 rings (SSSR count). The number of aromatic nitrogens is 2. The summed E-state index contributed by atoms with van der Waals surface area (Å²) in [5.41, 5.74) is 7.53. The molecular weight excluding hydrogens is 268 g/mol. The molecule has 0 radical (unpaired) electrons. The van der Waals surface area contributed by atoms with Gasteiger partial charge in [0.15, 0.2) is 5.69 Å². The SMILES string of the molecule is Nc1ccc2[nH]nc(C(=O)NCC3CCCC3CO)c2c1. The number of carbonyl (C=O) groups is 1. The highest BCUT2D eigenvalue weighted by Gasteiger charge is 2.27. The molecule has 0 spiro atoms. The minimum absolute atomic E-state index is 0.197. The number of aliphatic hydroxyl groups excluding tert-OH is 1. The lowest BCUT2D eigenvalue weighted by Crippen LogP contribution is -2.32. The van der Waals surface area contributed by atoms with Gasteiger partial charge in [0.25, 0.3) is 5.91 Å². The van der Waals surface area contributed by atoms with Gasteiger partial charge in [0.2, 0.25) is 0 Å². The third-order valence-corrected chi connectivity index (χ3v) is 4.38. The molecule has 1 amide bonds. The molecule has 0 saturated heterocycles. The number of nitrogens with one attached hydrogen (secondary N) is 2. The summed E-state index contributed by atoms with van der Waals surface area (Å²) in [6.45, 7) is 0.781. The first-order valence-corrected chi connectivity index (χ1v) is 7.31. The molecule has 1 heterocycles. The zero-order valence-electron chi connectivity index (χ0n) is 11.8. The smallest absolute Gasteiger partial charge is 0.272 e. The zero-order chi connectivity index (χ0) is 14.8. The summed E-state index contributed by atoms with van der Waals surface area (Å²) in [6, 6.07) is 5.33. The summed E-state index contributed by atoms with van der Waals surface area (Å²) in [4.78, 5) is 12.3. The Hall–Kier alpha value is -2.08. The molecule has 1 fully saturated rings. The van der Waals surface area contributed by atoms with E-state index in [0.29, 0.717) is 29.8 Å². The maximum atomic E-state index is 12.3. The average Bonchev–Trinajstić information content (AvgIpc) is 3.10. The number of nitrogens with zero attached hydrogens (tertiary/aromatic N) is 1. The molecule has 21 heavy (non-hydrogen) atoms. The van der Waals surface area contributed by atoms with Crippen LogP contribution in [-0.2, 0) is 0 Å². The number of hydrogen-bond acceptors (Lipinski definition) is 4. The monoisotopic (exact) mass is 288 g/mol. The van der Waals surface area contributed by atoms with Crippen LogP contribution in [0, 0.1) is 11.8 Å². The van der Waals surface area contributed by atoms with E-state index in [2.05, 4.69) is 15.5 Å². The lowest BCUT2D eigenvalue weighted by atomic mass is 9.97. The molecule has 1 aromatic carbocycles. The molecule has 2 aromatic rings. The van der Waals surface area contributed by atoms with E-state index in [9.17, 15) is 9.90 Å².